The maximum absolute atomic E-state index is 12.4. The fourth-order valence-electron chi connectivity index (χ4n) is 2.51. The van der Waals surface area contributed by atoms with Gasteiger partial charge in [-0.3, -0.25) is 4.79 Å². The van der Waals surface area contributed by atoms with Crippen LogP contribution in [0.15, 0.2) is 0 Å². The van der Waals surface area contributed by atoms with Crippen molar-refractivity contribution in [2.45, 2.75) is 44.1 Å². The van der Waals surface area contributed by atoms with E-state index in [0.29, 0.717) is 11.4 Å². The molecule has 1 saturated carbocycles. The van der Waals surface area contributed by atoms with Gasteiger partial charge in [0.05, 0.1) is 10.9 Å². The first kappa shape index (κ1) is 18.0. The molecule has 0 amide bonds. The number of carbonyl (C=O) groups excluding carboxylic acids is 1. The molecule has 3 nitrogen and oxygen atoms in total. The molecule has 0 spiro atoms. The van der Waals surface area contributed by atoms with Crippen LogP contribution in [0, 0.1) is 17.8 Å². The molecule has 6 heteroatoms. The van der Waals surface area contributed by atoms with Crippen LogP contribution in [0.5, 0.6) is 0 Å². The molecule has 1 fully saturated rings. The van der Waals surface area contributed by atoms with Crippen LogP contribution in [0.25, 0.3) is 0 Å². The highest BCUT2D eigenvalue weighted by Gasteiger charge is 2.54. The van der Waals surface area contributed by atoms with Crippen LogP contribution in [-0.2, 0) is 9.53 Å². The van der Waals surface area contributed by atoms with Crippen LogP contribution in [0.3, 0.4) is 0 Å². The maximum Gasteiger partial charge on any atom is 0.310 e. The first-order valence-corrected chi connectivity index (χ1v) is 7.85. The third kappa shape index (κ3) is 3.99. The number of ether oxygens (including phenoxy) is 1. The highest BCUT2D eigenvalue weighted by Crippen LogP contribution is 2.52. The molecule has 0 aromatic carbocycles. The largest absolute Gasteiger partial charge is 0.460 e. The van der Waals surface area contributed by atoms with Gasteiger partial charge in [0.25, 0.3) is 0 Å². The predicted molar refractivity (Wildman–Crippen MR) is 87.3 cm³/mol. The Hall–Kier alpha value is -0.0600. The van der Waals surface area contributed by atoms with Crippen molar-refractivity contribution in [3.63, 3.8) is 0 Å². The molecule has 0 heterocycles. The molecule has 1 rings (SSSR count). The number of halogens is 2. The lowest BCUT2D eigenvalue weighted by atomic mass is 9.89. The van der Waals surface area contributed by atoms with E-state index in [1.165, 1.54) is 0 Å². The van der Waals surface area contributed by atoms with E-state index in [4.69, 9.17) is 40.2 Å². The van der Waals surface area contributed by atoms with Crippen molar-refractivity contribution in [1.82, 2.24) is 4.90 Å². The fraction of sp³-hybridized carbons (Fsp3) is 0.857. The molecule has 20 heavy (non-hydrogen) atoms. The highest BCUT2D eigenvalue weighted by atomic mass is 35.5. The zero-order chi connectivity index (χ0) is 15.9. The first-order valence-electron chi connectivity index (χ1n) is 6.68. The Labute approximate surface area is 136 Å². The fourth-order valence-corrected chi connectivity index (χ4v) is 3.48. The number of hydrogen-bond acceptors (Lipinski definition) is 3. The van der Waals surface area contributed by atoms with E-state index in [-0.39, 0.29) is 17.8 Å². The van der Waals surface area contributed by atoms with Crippen LogP contribution < -0.4 is 0 Å². The van der Waals surface area contributed by atoms with Gasteiger partial charge < -0.3 is 9.64 Å². The third-order valence-electron chi connectivity index (χ3n) is 3.57. The quantitative estimate of drug-likeness (QED) is 0.436. The molecule has 0 saturated heterocycles. The summed E-state index contributed by atoms with van der Waals surface area (Å²) in [6.07, 6.45) is 0.366. The topological polar surface area (TPSA) is 29.5 Å². The normalized spacial score (nSPS) is 29.1. The standard InChI is InChI=1S/C14H23Cl2NO2S/c1-8-10(11(20)17(5)6)9(7-14(8,15)16)12(18)19-13(2,3)4/h8-10H,7H2,1-6H3/t8-,9+,10-/m0/s1. The molecule has 0 unspecified atom stereocenters. The van der Waals surface area contributed by atoms with Gasteiger partial charge in [-0.15, -0.1) is 23.2 Å². The van der Waals surface area contributed by atoms with E-state index in [9.17, 15) is 4.79 Å². The molecular weight excluding hydrogens is 317 g/mol. The lowest BCUT2D eigenvalue weighted by Gasteiger charge is -2.29. The van der Waals surface area contributed by atoms with E-state index < -0.39 is 15.9 Å². The summed E-state index contributed by atoms with van der Waals surface area (Å²) >= 11 is 18.2. The minimum atomic E-state index is -0.952. The summed E-state index contributed by atoms with van der Waals surface area (Å²) in [5.74, 6) is -0.945. The molecule has 3 atom stereocenters. The van der Waals surface area contributed by atoms with Crippen LogP contribution in [0.4, 0.5) is 0 Å². The minimum absolute atomic E-state index is 0.0988. The second kappa shape index (κ2) is 5.98. The number of hydrogen-bond donors (Lipinski definition) is 0. The van der Waals surface area contributed by atoms with Gasteiger partial charge in [0.2, 0.25) is 0 Å². The lowest BCUT2D eigenvalue weighted by Crippen LogP contribution is -2.38. The van der Waals surface area contributed by atoms with Gasteiger partial charge >= 0.3 is 5.97 Å². The molecule has 0 bridgehead atoms. The Morgan fingerprint density at radius 1 is 1.35 bits per heavy atom. The number of thiocarbonyl (C=S) groups is 1. The van der Waals surface area contributed by atoms with Crippen molar-refractivity contribution in [2.24, 2.45) is 17.8 Å². The number of rotatable bonds is 2. The molecule has 0 radical (unpaired) electrons. The summed E-state index contributed by atoms with van der Waals surface area (Å²) in [5, 5.41) is 0. The van der Waals surface area contributed by atoms with Gasteiger partial charge in [0.1, 0.15) is 9.93 Å². The minimum Gasteiger partial charge on any atom is -0.460 e. The van der Waals surface area contributed by atoms with E-state index >= 15 is 0 Å². The Morgan fingerprint density at radius 3 is 2.25 bits per heavy atom. The smallest absolute Gasteiger partial charge is 0.310 e. The lowest BCUT2D eigenvalue weighted by molar-refractivity contribution is -0.160. The van der Waals surface area contributed by atoms with Crippen LogP contribution in [-0.4, -0.2) is 39.9 Å². The average molecular weight is 340 g/mol. The Morgan fingerprint density at radius 2 is 1.85 bits per heavy atom. The number of esters is 1. The SMILES string of the molecule is C[C@H]1[C@H](C(=S)N(C)C)[C@H](C(=O)OC(C)(C)C)CC1(Cl)Cl. The van der Waals surface area contributed by atoms with Gasteiger partial charge in [-0.2, -0.15) is 0 Å². The summed E-state index contributed by atoms with van der Waals surface area (Å²) in [4.78, 5) is 14.9. The van der Waals surface area contributed by atoms with Crippen molar-refractivity contribution in [1.29, 1.82) is 0 Å². The van der Waals surface area contributed by atoms with Crippen LogP contribution in [0.2, 0.25) is 0 Å². The van der Waals surface area contributed by atoms with Gasteiger partial charge in [0.15, 0.2) is 0 Å². The molecule has 0 aromatic rings. The molecular formula is C14H23Cl2NO2S. The Balaban J connectivity index is 3.03. The number of alkyl halides is 2. The zero-order valence-corrected chi connectivity index (χ0v) is 15.2. The molecule has 1 aliphatic rings. The van der Waals surface area contributed by atoms with Gasteiger partial charge in [-0.05, 0) is 33.1 Å². The first-order chi connectivity index (χ1) is 8.87. The third-order valence-corrected chi connectivity index (χ3v) is 5.20. The molecule has 0 aliphatic heterocycles. The van der Waals surface area contributed by atoms with Gasteiger partial charge in [0, 0.05) is 20.0 Å². The molecule has 116 valence electrons. The van der Waals surface area contributed by atoms with Crippen molar-refractivity contribution < 1.29 is 9.53 Å². The predicted octanol–water partition coefficient (Wildman–Crippen LogP) is 3.66. The summed E-state index contributed by atoms with van der Waals surface area (Å²) in [7, 11) is 3.73. The average Bonchev–Trinajstić information content (AvgIpc) is 2.47. The molecule has 1 aliphatic carbocycles. The van der Waals surface area contributed by atoms with Crippen molar-refractivity contribution in [3.8, 4) is 0 Å². The zero-order valence-electron chi connectivity index (χ0n) is 12.9. The highest BCUT2D eigenvalue weighted by molar-refractivity contribution is 7.80. The molecule has 0 N–H and O–H groups in total. The summed E-state index contributed by atoms with van der Waals surface area (Å²) in [5.41, 5.74) is -0.533. The van der Waals surface area contributed by atoms with Crippen molar-refractivity contribution in [2.75, 3.05) is 14.1 Å². The summed E-state index contributed by atoms with van der Waals surface area (Å²) in [6.45, 7) is 7.47. The van der Waals surface area contributed by atoms with E-state index in [1.54, 1.807) is 0 Å². The van der Waals surface area contributed by atoms with Crippen LogP contribution >= 0.6 is 35.4 Å². The van der Waals surface area contributed by atoms with E-state index in [2.05, 4.69) is 0 Å². The van der Waals surface area contributed by atoms with E-state index in [1.807, 2.05) is 46.7 Å². The van der Waals surface area contributed by atoms with Gasteiger partial charge in [-0.1, -0.05) is 19.1 Å². The second-order valence-corrected chi connectivity index (χ2v) is 8.61. The van der Waals surface area contributed by atoms with Gasteiger partial charge in [-0.25, -0.2) is 0 Å². The van der Waals surface area contributed by atoms with Crippen molar-refractivity contribution in [3.05, 3.63) is 0 Å². The number of nitrogens with zero attached hydrogens (tertiary/aromatic N) is 1. The number of carbonyl (C=O) groups is 1. The second-order valence-electron chi connectivity index (χ2n) is 6.65. The monoisotopic (exact) mass is 339 g/mol. The molecule has 0 aromatic heterocycles. The van der Waals surface area contributed by atoms with Crippen molar-refractivity contribution >= 4 is 46.4 Å². The van der Waals surface area contributed by atoms with Crippen LogP contribution in [0.1, 0.15) is 34.1 Å². The van der Waals surface area contributed by atoms with E-state index in [0.717, 1.165) is 0 Å². The Kier molecular flexibility index (Phi) is 5.37. The maximum atomic E-state index is 12.4. The summed E-state index contributed by atoms with van der Waals surface area (Å²) in [6, 6.07) is 0. The summed E-state index contributed by atoms with van der Waals surface area (Å²) < 4.78 is 4.54. The Bertz CT molecular complexity index is 404.